The van der Waals surface area contributed by atoms with Crippen molar-refractivity contribution in [3.05, 3.63) is 64.5 Å². The summed E-state index contributed by atoms with van der Waals surface area (Å²) in [5, 5.41) is 2.79. The number of nitrogens with one attached hydrogen (secondary N) is 1. The maximum absolute atomic E-state index is 13.0. The highest BCUT2D eigenvalue weighted by molar-refractivity contribution is 6.04. The van der Waals surface area contributed by atoms with Crippen molar-refractivity contribution in [1.29, 1.82) is 0 Å². The van der Waals surface area contributed by atoms with Crippen LogP contribution in [0.1, 0.15) is 27.0 Å². The van der Waals surface area contributed by atoms with Crippen molar-refractivity contribution >= 4 is 11.6 Å². The summed E-state index contributed by atoms with van der Waals surface area (Å²) in [5.41, 5.74) is 4.16. The van der Waals surface area contributed by atoms with Gasteiger partial charge < -0.3 is 5.32 Å². The lowest BCUT2D eigenvalue weighted by Gasteiger charge is -2.09. The molecule has 0 saturated heterocycles. The molecule has 98 valence electrons. The summed E-state index contributed by atoms with van der Waals surface area (Å²) >= 11 is 0. The fourth-order valence-corrected chi connectivity index (χ4v) is 1.84. The number of hydrogen-bond acceptors (Lipinski definition) is 1. The molecule has 3 heteroatoms. The van der Waals surface area contributed by atoms with E-state index in [4.69, 9.17) is 0 Å². The van der Waals surface area contributed by atoms with Crippen LogP contribution >= 0.6 is 0 Å². The van der Waals surface area contributed by atoms with Gasteiger partial charge in [-0.1, -0.05) is 6.07 Å². The number of rotatable bonds is 2. The minimum Gasteiger partial charge on any atom is -0.322 e. The zero-order chi connectivity index (χ0) is 14.0. The van der Waals surface area contributed by atoms with E-state index in [1.165, 1.54) is 12.1 Å². The molecule has 0 atom stereocenters. The Bertz CT molecular complexity index is 635. The van der Waals surface area contributed by atoms with Gasteiger partial charge in [-0.2, -0.15) is 0 Å². The van der Waals surface area contributed by atoms with Gasteiger partial charge in [0, 0.05) is 11.3 Å². The van der Waals surface area contributed by atoms with Crippen LogP contribution in [0.15, 0.2) is 36.4 Å². The van der Waals surface area contributed by atoms with Crippen molar-refractivity contribution < 1.29 is 9.18 Å². The molecule has 2 aromatic carbocycles. The van der Waals surface area contributed by atoms with Crippen LogP contribution in [0.25, 0.3) is 0 Å². The highest BCUT2D eigenvalue weighted by atomic mass is 19.1. The molecular weight excluding hydrogens is 241 g/mol. The Balaban J connectivity index is 2.23. The van der Waals surface area contributed by atoms with E-state index in [-0.39, 0.29) is 11.7 Å². The molecule has 0 heterocycles. The molecule has 0 spiro atoms. The molecule has 1 amide bonds. The lowest BCUT2D eigenvalue weighted by Crippen LogP contribution is -2.13. The van der Waals surface area contributed by atoms with Gasteiger partial charge in [-0.15, -0.1) is 0 Å². The van der Waals surface area contributed by atoms with Gasteiger partial charge in [0.05, 0.1) is 0 Å². The molecule has 0 bridgehead atoms. The van der Waals surface area contributed by atoms with E-state index in [0.717, 1.165) is 11.1 Å². The lowest BCUT2D eigenvalue weighted by atomic mass is 10.1. The maximum Gasteiger partial charge on any atom is 0.255 e. The zero-order valence-electron chi connectivity index (χ0n) is 11.3. The number of halogens is 1. The summed E-state index contributed by atoms with van der Waals surface area (Å²) in [6, 6.07) is 9.87. The van der Waals surface area contributed by atoms with Crippen molar-refractivity contribution in [3.63, 3.8) is 0 Å². The van der Waals surface area contributed by atoms with Gasteiger partial charge in [-0.25, -0.2) is 4.39 Å². The Hall–Kier alpha value is -2.16. The van der Waals surface area contributed by atoms with E-state index < -0.39 is 0 Å². The predicted octanol–water partition coefficient (Wildman–Crippen LogP) is 4.00. The number of anilines is 1. The lowest BCUT2D eigenvalue weighted by molar-refractivity contribution is 0.102. The number of hydrogen-bond donors (Lipinski definition) is 1. The van der Waals surface area contributed by atoms with Crippen molar-refractivity contribution in [1.82, 2.24) is 0 Å². The van der Waals surface area contributed by atoms with Crippen LogP contribution in [0.5, 0.6) is 0 Å². The molecule has 0 radical (unpaired) electrons. The molecule has 0 unspecified atom stereocenters. The molecule has 0 aromatic heterocycles. The van der Waals surface area contributed by atoms with E-state index in [9.17, 15) is 9.18 Å². The smallest absolute Gasteiger partial charge is 0.255 e. The maximum atomic E-state index is 13.0. The summed E-state index contributed by atoms with van der Waals surface area (Å²) in [6.45, 7) is 5.73. The molecule has 1 N–H and O–H groups in total. The number of benzene rings is 2. The number of carbonyl (C=O) groups is 1. The highest BCUT2D eigenvalue weighted by Gasteiger charge is 2.09. The molecule has 0 saturated carbocycles. The predicted molar refractivity (Wildman–Crippen MR) is 75.0 cm³/mol. The van der Waals surface area contributed by atoms with Crippen molar-refractivity contribution in [2.45, 2.75) is 20.8 Å². The van der Waals surface area contributed by atoms with Crippen molar-refractivity contribution in [2.75, 3.05) is 5.32 Å². The molecule has 2 rings (SSSR count). The van der Waals surface area contributed by atoms with Crippen LogP contribution in [-0.2, 0) is 0 Å². The Morgan fingerprint density at radius 3 is 2.32 bits per heavy atom. The summed E-state index contributed by atoms with van der Waals surface area (Å²) in [7, 11) is 0. The topological polar surface area (TPSA) is 29.1 Å². The van der Waals surface area contributed by atoms with Crippen molar-refractivity contribution in [3.8, 4) is 0 Å². The standard InChI is InChI=1S/C16H16FNO/c1-10-4-5-13(8-11(10)2)16(19)18-15-7-6-14(17)9-12(15)3/h4-9H,1-3H3,(H,18,19). The van der Waals surface area contributed by atoms with E-state index in [1.807, 2.05) is 26.0 Å². The average Bonchev–Trinajstić information content (AvgIpc) is 2.36. The first-order valence-electron chi connectivity index (χ1n) is 6.12. The van der Waals surface area contributed by atoms with E-state index in [1.54, 1.807) is 19.1 Å². The monoisotopic (exact) mass is 257 g/mol. The molecule has 2 nitrogen and oxygen atoms in total. The zero-order valence-corrected chi connectivity index (χ0v) is 11.3. The largest absolute Gasteiger partial charge is 0.322 e. The second-order valence-electron chi connectivity index (χ2n) is 4.71. The van der Waals surface area contributed by atoms with Gasteiger partial charge in [-0.05, 0) is 67.8 Å². The first-order valence-corrected chi connectivity index (χ1v) is 6.12. The first-order chi connectivity index (χ1) is 8.97. The van der Waals surface area contributed by atoms with Gasteiger partial charge in [0.15, 0.2) is 0 Å². The highest BCUT2D eigenvalue weighted by Crippen LogP contribution is 2.17. The van der Waals surface area contributed by atoms with Gasteiger partial charge in [0.25, 0.3) is 5.91 Å². The van der Waals surface area contributed by atoms with Gasteiger partial charge in [0.2, 0.25) is 0 Å². The van der Waals surface area contributed by atoms with Crippen LogP contribution in [0.2, 0.25) is 0 Å². The Morgan fingerprint density at radius 2 is 1.68 bits per heavy atom. The Morgan fingerprint density at radius 1 is 0.947 bits per heavy atom. The Labute approximate surface area is 112 Å². The molecular formula is C16H16FNO. The van der Waals surface area contributed by atoms with Gasteiger partial charge in [0.1, 0.15) is 5.82 Å². The SMILES string of the molecule is Cc1ccc(C(=O)Nc2ccc(F)cc2C)cc1C. The normalized spacial score (nSPS) is 10.3. The number of amides is 1. The second kappa shape index (κ2) is 5.22. The van der Waals surface area contributed by atoms with E-state index in [2.05, 4.69) is 5.32 Å². The summed E-state index contributed by atoms with van der Waals surface area (Å²) in [5.74, 6) is -0.487. The summed E-state index contributed by atoms with van der Waals surface area (Å²) in [6.07, 6.45) is 0. The second-order valence-corrected chi connectivity index (χ2v) is 4.71. The third-order valence-electron chi connectivity index (χ3n) is 3.21. The fourth-order valence-electron chi connectivity index (χ4n) is 1.84. The summed E-state index contributed by atoms with van der Waals surface area (Å²) in [4.78, 5) is 12.1. The van der Waals surface area contributed by atoms with Crippen LogP contribution < -0.4 is 5.32 Å². The minimum atomic E-state index is -0.304. The number of carbonyl (C=O) groups excluding carboxylic acids is 1. The average molecular weight is 257 g/mol. The number of aryl methyl sites for hydroxylation is 3. The fraction of sp³-hybridized carbons (Fsp3) is 0.188. The Kier molecular flexibility index (Phi) is 3.65. The molecule has 0 aliphatic heterocycles. The van der Waals surface area contributed by atoms with E-state index >= 15 is 0 Å². The van der Waals surface area contributed by atoms with Crippen LogP contribution in [-0.4, -0.2) is 5.91 Å². The van der Waals surface area contributed by atoms with Gasteiger partial charge in [-0.3, -0.25) is 4.79 Å². The summed E-state index contributed by atoms with van der Waals surface area (Å²) < 4.78 is 13.0. The van der Waals surface area contributed by atoms with Crippen molar-refractivity contribution in [2.24, 2.45) is 0 Å². The molecule has 0 fully saturated rings. The molecule has 19 heavy (non-hydrogen) atoms. The van der Waals surface area contributed by atoms with Gasteiger partial charge >= 0.3 is 0 Å². The van der Waals surface area contributed by atoms with Crippen LogP contribution in [0.3, 0.4) is 0 Å². The molecule has 2 aromatic rings. The molecule has 0 aliphatic carbocycles. The first kappa shape index (κ1) is 13.3. The minimum absolute atomic E-state index is 0.183. The third kappa shape index (κ3) is 2.99. The molecule has 0 aliphatic rings. The quantitative estimate of drug-likeness (QED) is 0.865. The van der Waals surface area contributed by atoms with Crippen LogP contribution in [0, 0.1) is 26.6 Å². The van der Waals surface area contributed by atoms with Crippen LogP contribution in [0.4, 0.5) is 10.1 Å². The third-order valence-corrected chi connectivity index (χ3v) is 3.21. The van der Waals surface area contributed by atoms with E-state index in [0.29, 0.717) is 16.8 Å².